The van der Waals surface area contributed by atoms with Crippen molar-refractivity contribution in [3.8, 4) is 0 Å². The van der Waals surface area contributed by atoms with Gasteiger partial charge < -0.3 is 4.90 Å². The Balaban J connectivity index is 3.12. The van der Waals surface area contributed by atoms with Crippen molar-refractivity contribution in [2.24, 2.45) is 0 Å². The van der Waals surface area contributed by atoms with Crippen LogP contribution in [0.25, 0.3) is 0 Å². The Kier molecular flexibility index (Phi) is 27.0. The lowest BCUT2D eigenvalue weighted by Crippen LogP contribution is -2.25. The summed E-state index contributed by atoms with van der Waals surface area (Å²) in [6.07, 6.45) is 33.5. The summed E-state index contributed by atoms with van der Waals surface area (Å²) in [4.78, 5) is 2.66. The predicted molar refractivity (Wildman–Crippen MR) is 140 cm³/mol. The van der Waals surface area contributed by atoms with Crippen molar-refractivity contribution in [1.29, 1.82) is 0 Å². The van der Waals surface area contributed by atoms with Crippen LogP contribution in [-0.2, 0) is 0 Å². The molecule has 0 aliphatic carbocycles. The SMILES string of the molecule is CCCCCCCCCCCCCCCCCCCCCCN(CC)CCCCC. The van der Waals surface area contributed by atoms with Gasteiger partial charge in [-0.15, -0.1) is 0 Å². The van der Waals surface area contributed by atoms with Crippen LogP contribution in [0.4, 0.5) is 0 Å². The van der Waals surface area contributed by atoms with Crippen molar-refractivity contribution >= 4 is 0 Å². The largest absolute Gasteiger partial charge is 0.304 e. The fraction of sp³-hybridized carbons (Fsp3) is 1.00. The van der Waals surface area contributed by atoms with Crippen molar-refractivity contribution in [3.63, 3.8) is 0 Å². The highest BCUT2D eigenvalue weighted by Crippen LogP contribution is 2.15. The Morgan fingerprint density at radius 2 is 0.533 bits per heavy atom. The summed E-state index contributed by atoms with van der Waals surface area (Å²) in [5, 5.41) is 0. The van der Waals surface area contributed by atoms with Gasteiger partial charge in [0.05, 0.1) is 0 Å². The smallest absolute Gasteiger partial charge is 0.00189 e. The molecule has 0 saturated heterocycles. The highest BCUT2D eigenvalue weighted by molar-refractivity contribution is 4.57. The molecule has 0 N–H and O–H groups in total. The van der Waals surface area contributed by atoms with E-state index < -0.39 is 0 Å². The zero-order chi connectivity index (χ0) is 22.0. The highest BCUT2D eigenvalue weighted by Gasteiger charge is 2.01. The van der Waals surface area contributed by atoms with E-state index in [4.69, 9.17) is 0 Å². The minimum absolute atomic E-state index is 1.24. The maximum absolute atomic E-state index is 2.66. The molecule has 0 aromatic rings. The minimum atomic E-state index is 1.24. The molecule has 0 amide bonds. The van der Waals surface area contributed by atoms with Gasteiger partial charge in [0.15, 0.2) is 0 Å². The fourth-order valence-corrected chi connectivity index (χ4v) is 4.60. The monoisotopic (exact) mass is 423 g/mol. The molecule has 0 atom stereocenters. The topological polar surface area (TPSA) is 3.24 Å². The molecule has 0 aromatic heterocycles. The van der Waals surface area contributed by atoms with Crippen LogP contribution in [-0.4, -0.2) is 24.5 Å². The molecule has 0 heterocycles. The maximum Gasteiger partial charge on any atom is -0.00189 e. The van der Waals surface area contributed by atoms with E-state index in [1.807, 2.05) is 0 Å². The molecule has 0 spiro atoms. The molecule has 0 aliphatic rings. The molecule has 0 saturated carbocycles. The van der Waals surface area contributed by atoms with E-state index in [0.717, 1.165) is 0 Å². The number of hydrogen-bond acceptors (Lipinski definition) is 1. The van der Waals surface area contributed by atoms with E-state index in [-0.39, 0.29) is 0 Å². The second-order valence-corrected chi connectivity index (χ2v) is 9.86. The van der Waals surface area contributed by atoms with Gasteiger partial charge in [0.25, 0.3) is 0 Å². The van der Waals surface area contributed by atoms with Crippen LogP contribution in [0.15, 0.2) is 0 Å². The standard InChI is InChI=1S/C29H61N/c1-4-7-9-10-11-12-13-14-15-16-17-18-19-20-21-22-23-24-25-27-29-30(6-3)28-26-8-5-2/h4-29H2,1-3H3. The third kappa shape index (κ3) is 24.2. The van der Waals surface area contributed by atoms with Gasteiger partial charge in [0.2, 0.25) is 0 Å². The van der Waals surface area contributed by atoms with Gasteiger partial charge in [-0.25, -0.2) is 0 Å². The second kappa shape index (κ2) is 27.0. The zero-order valence-corrected chi connectivity index (χ0v) is 21.8. The summed E-state index contributed by atoms with van der Waals surface area (Å²) < 4.78 is 0. The third-order valence-electron chi connectivity index (χ3n) is 6.85. The van der Waals surface area contributed by atoms with Gasteiger partial charge in [-0.2, -0.15) is 0 Å². The van der Waals surface area contributed by atoms with Crippen molar-refractivity contribution in [2.45, 2.75) is 168 Å². The van der Waals surface area contributed by atoms with Crippen molar-refractivity contribution in [2.75, 3.05) is 19.6 Å². The Bertz CT molecular complexity index is 288. The molecule has 0 aliphatic heterocycles. The summed E-state index contributed by atoms with van der Waals surface area (Å²) in [7, 11) is 0. The van der Waals surface area contributed by atoms with Gasteiger partial charge >= 0.3 is 0 Å². The van der Waals surface area contributed by atoms with Crippen LogP contribution < -0.4 is 0 Å². The molecular weight excluding hydrogens is 362 g/mol. The lowest BCUT2D eigenvalue weighted by atomic mass is 10.0. The predicted octanol–water partition coefficient (Wildman–Crippen LogP) is 10.3. The van der Waals surface area contributed by atoms with Crippen LogP contribution in [0.1, 0.15) is 168 Å². The Hall–Kier alpha value is -0.0400. The summed E-state index contributed by atoms with van der Waals surface area (Å²) in [6.45, 7) is 10.8. The first kappa shape index (κ1) is 30.0. The average Bonchev–Trinajstić information content (AvgIpc) is 2.76. The molecular formula is C29H61N. The molecule has 0 rings (SSSR count). The summed E-state index contributed by atoms with van der Waals surface area (Å²) >= 11 is 0. The van der Waals surface area contributed by atoms with Crippen LogP contribution in [0.2, 0.25) is 0 Å². The lowest BCUT2D eigenvalue weighted by Gasteiger charge is -2.20. The van der Waals surface area contributed by atoms with Gasteiger partial charge in [-0.05, 0) is 32.5 Å². The molecule has 0 fully saturated rings. The summed E-state index contributed by atoms with van der Waals surface area (Å²) in [5.41, 5.74) is 0. The molecule has 0 radical (unpaired) electrons. The Labute approximate surface area is 193 Å². The van der Waals surface area contributed by atoms with Gasteiger partial charge in [0, 0.05) is 0 Å². The minimum Gasteiger partial charge on any atom is -0.304 e. The molecule has 0 unspecified atom stereocenters. The number of unbranched alkanes of at least 4 members (excludes halogenated alkanes) is 21. The van der Waals surface area contributed by atoms with Crippen LogP contribution in [0.5, 0.6) is 0 Å². The summed E-state index contributed by atoms with van der Waals surface area (Å²) in [5.74, 6) is 0. The van der Waals surface area contributed by atoms with Crippen molar-refractivity contribution < 1.29 is 0 Å². The molecule has 1 heteroatoms. The first-order valence-electron chi connectivity index (χ1n) is 14.6. The van der Waals surface area contributed by atoms with Crippen LogP contribution in [0, 0.1) is 0 Å². The fourth-order valence-electron chi connectivity index (χ4n) is 4.60. The lowest BCUT2D eigenvalue weighted by molar-refractivity contribution is 0.274. The average molecular weight is 424 g/mol. The molecule has 0 aromatic carbocycles. The highest BCUT2D eigenvalue weighted by atomic mass is 15.1. The van der Waals surface area contributed by atoms with E-state index >= 15 is 0 Å². The van der Waals surface area contributed by atoms with Crippen molar-refractivity contribution in [3.05, 3.63) is 0 Å². The number of nitrogens with zero attached hydrogens (tertiary/aromatic N) is 1. The van der Waals surface area contributed by atoms with E-state index in [1.165, 1.54) is 167 Å². The third-order valence-corrected chi connectivity index (χ3v) is 6.85. The molecule has 30 heavy (non-hydrogen) atoms. The summed E-state index contributed by atoms with van der Waals surface area (Å²) in [6, 6.07) is 0. The Morgan fingerprint density at radius 3 is 0.833 bits per heavy atom. The first-order chi connectivity index (χ1) is 14.8. The van der Waals surface area contributed by atoms with Gasteiger partial charge in [-0.3, -0.25) is 0 Å². The quantitative estimate of drug-likeness (QED) is 0.125. The second-order valence-electron chi connectivity index (χ2n) is 9.86. The van der Waals surface area contributed by atoms with Gasteiger partial charge in [-0.1, -0.05) is 156 Å². The number of hydrogen-bond donors (Lipinski definition) is 0. The van der Waals surface area contributed by atoms with Gasteiger partial charge in [0.1, 0.15) is 0 Å². The van der Waals surface area contributed by atoms with E-state index in [9.17, 15) is 0 Å². The first-order valence-corrected chi connectivity index (χ1v) is 14.6. The van der Waals surface area contributed by atoms with E-state index in [2.05, 4.69) is 25.7 Å². The molecule has 182 valence electrons. The molecule has 0 bridgehead atoms. The van der Waals surface area contributed by atoms with E-state index in [1.54, 1.807) is 0 Å². The maximum atomic E-state index is 2.66. The van der Waals surface area contributed by atoms with Crippen LogP contribution in [0.3, 0.4) is 0 Å². The van der Waals surface area contributed by atoms with Crippen LogP contribution >= 0.6 is 0 Å². The zero-order valence-electron chi connectivity index (χ0n) is 21.8. The van der Waals surface area contributed by atoms with Crippen molar-refractivity contribution in [1.82, 2.24) is 4.90 Å². The molecule has 1 nitrogen and oxygen atoms in total. The Morgan fingerprint density at radius 1 is 0.300 bits per heavy atom. The normalized spacial score (nSPS) is 11.6. The number of rotatable bonds is 26. The van der Waals surface area contributed by atoms with E-state index in [0.29, 0.717) is 0 Å².